The van der Waals surface area contributed by atoms with Gasteiger partial charge >= 0.3 is 0 Å². The smallest absolute Gasteiger partial charge is 0.254 e. The zero-order valence-electron chi connectivity index (χ0n) is 12.8. The van der Waals surface area contributed by atoms with Gasteiger partial charge in [0.15, 0.2) is 23.6 Å². The Labute approximate surface area is 136 Å². The highest BCUT2D eigenvalue weighted by Crippen LogP contribution is 2.22. The Bertz CT molecular complexity index is 686. The maximum atomic E-state index is 13.3. The van der Waals surface area contributed by atoms with Crippen LogP contribution in [0, 0.1) is 17.5 Å². The zero-order chi connectivity index (χ0) is 17.7. The molecular weight excluding hydrogens is 323 g/mol. The lowest BCUT2D eigenvalue weighted by Gasteiger charge is -2.21. The molecule has 2 unspecified atom stereocenters. The van der Waals surface area contributed by atoms with Gasteiger partial charge in [0.25, 0.3) is 5.91 Å². The summed E-state index contributed by atoms with van der Waals surface area (Å²) in [4.78, 5) is 12.3. The molecule has 0 aliphatic carbocycles. The van der Waals surface area contributed by atoms with Gasteiger partial charge in [0, 0.05) is 7.11 Å². The highest BCUT2D eigenvalue weighted by Gasteiger charge is 2.24. The number of hydrogen-bond acceptors (Lipinski definition) is 3. The van der Waals surface area contributed by atoms with Crippen molar-refractivity contribution in [2.24, 2.45) is 0 Å². The number of benzene rings is 2. The molecule has 0 aliphatic rings. The van der Waals surface area contributed by atoms with Gasteiger partial charge in [-0.25, -0.2) is 13.2 Å². The SMILES string of the molecule is COC(C(=O)NC(CO)c1cc(F)c(F)c(F)c1)c1ccccc1. The third-order valence-electron chi connectivity index (χ3n) is 3.48. The van der Waals surface area contributed by atoms with E-state index in [2.05, 4.69) is 5.32 Å². The molecule has 4 nitrogen and oxygen atoms in total. The number of aliphatic hydroxyl groups excluding tert-OH is 1. The molecule has 0 spiro atoms. The predicted molar refractivity (Wildman–Crippen MR) is 80.5 cm³/mol. The van der Waals surface area contributed by atoms with E-state index in [1.54, 1.807) is 30.3 Å². The summed E-state index contributed by atoms with van der Waals surface area (Å²) in [6, 6.07) is 8.93. The quantitative estimate of drug-likeness (QED) is 0.796. The molecule has 0 bridgehead atoms. The van der Waals surface area contributed by atoms with E-state index in [0.717, 1.165) is 12.1 Å². The Morgan fingerprint density at radius 3 is 2.21 bits per heavy atom. The van der Waals surface area contributed by atoms with Crippen LogP contribution in [0.2, 0.25) is 0 Å². The van der Waals surface area contributed by atoms with Gasteiger partial charge in [0.1, 0.15) is 0 Å². The highest BCUT2D eigenvalue weighted by atomic mass is 19.2. The molecule has 2 rings (SSSR count). The third-order valence-corrected chi connectivity index (χ3v) is 3.48. The Morgan fingerprint density at radius 2 is 1.71 bits per heavy atom. The van der Waals surface area contributed by atoms with Crippen LogP contribution in [0.1, 0.15) is 23.3 Å². The molecule has 128 valence electrons. The summed E-state index contributed by atoms with van der Waals surface area (Å²) in [5.74, 6) is -5.01. The summed E-state index contributed by atoms with van der Waals surface area (Å²) < 4.78 is 44.8. The molecular formula is C17H16F3NO3. The molecule has 0 fully saturated rings. The molecule has 2 aromatic carbocycles. The summed E-state index contributed by atoms with van der Waals surface area (Å²) in [6.07, 6.45) is -0.963. The van der Waals surface area contributed by atoms with E-state index in [1.165, 1.54) is 7.11 Å². The lowest BCUT2D eigenvalue weighted by Crippen LogP contribution is -2.35. The molecule has 0 saturated heterocycles. The number of methoxy groups -OCH3 is 1. The second-order valence-electron chi connectivity index (χ2n) is 5.07. The number of amides is 1. The molecule has 0 saturated carbocycles. The van der Waals surface area contributed by atoms with Gasteiger partial charge < -0.3 is 15.2 Å². The number of carbonyl (C=O) groups is 1. The first-order valence-electron chi connectivity index (χ1n) is 7.11. The fraction of sp³-hybridized carbons (Fsp3) is 0.235. The first-order chi connectivity index (χ1) is 11.5. The van der Waals surface area contributed by atoms with E-state index < -0.39 is 42.1 Å². The molecule has 7 heteroatoms. The molecule has 24 heavy (non-hydrogen) atoms. The second kappa shape index (κ2) is 7.94. The maximum Gasteiger partial charge on any atom is 0.254 e. The van der Waals surface area contributed by atoms with Crippen molar-refractivity contribution < 1.29 is 27.8 Å². The van der Waals surface area contributed by atoms with Crippen LogP contribution >= 0.6 is 0 Å². The molecule has 2 aromatic rings. The van der Waals surface area contributed by atoms with Crippen molar-refractivity contribution in [2.45, 2.75) is 12.1 Å². The highest BCUT2D eigenvalue weighted by molar-refractivity contribution is 5.82. The number of hydrogen-bond donors (Lipinski definition) is 2. The van der Waals surface area contributed by atoms with Gasteiger partial charge in [0.2, 0.25) is 0 Å². The Kier molecular flexibility index (Phi) is 5.94. The molecule has 0 aliphatic heterocycles. The van der Waals surface area contributed by atoms with E-state index in [0.29, 0.717) is 5.56 Å². The van der Waals surface area contributed by atoms with Crippen LogP contribution in [0.4, 0.5) is 13.2 Å². The Hall–Kier alpha value is -2.38. The van der Waals surface area contributed by atoms with Crippen molar-refractivity contribution in [3.63, 3.8) is 0 Å². The molecule has 2 N–H and O–H groups in total. The number of carbonyl (C=O) groups excluding carboxylic acids is 1. The Morgan fingerprint density at radius 1 is 1.12 bits per heavy atom. The maximum absolute atomic E-state index is 13.3. The first-order valence-corrected chi connectivity index (χ1v) is 7.11. The van der Waals surface area contributed by atoms with Crippen LogP contribution in [0.3, 0.4) is 0 Å². The standard InChI is InChI=1S/C17H16F3NO3/c1-24-16(10-5-3-2-4-6-10)17(23)21-14(9-22)11-7-12(18)15(20)13(19)8-11/h2-8,14,16,22H,9H2,1H3,(H,21,23). The summed E-state index contributed by atoms with van der Waals surface area (Å²) in [5.41, 5.74) is 0.482. The van der Waals surface area contributed by atoms with Crippen LogP contribution in [0.15, 0.2) is 42.5 Å². The second-order valence-corrected chi connectivity index (χ2v) is 5.07. The fourth-order valence-electron chi connectivity index (χ4n) is 2.28. The minimum absolute atomic E-state index is 0.0924. The largest absolute Gasteiger partial charge is 0.394 e. The van der Waals surface area contributed by atoms with E-state index in [1.807, 2.05) is 0 Å². The van der Waals surface area contributed by atoms with E-state index in [9.17, 15) is 23.1 Å². The van der Waals surface area contributed by atoms with Gasteiger partial charge in [-0.1, -0.05) is 30.3 Å². The van der Waals surface area contributed by atoms with Crippen LogP contribution in [-0.4, -0.2) is 24.7 Å². The lowest BCUT2D eigenvalue weighted by atomic mass is 10.0. The Balaban J connectivity index is 2.22. The van der Waals surface area contributed by atoms with Gasteiger partial charge in [-0.15, -0.1) is 0 Å². The topological polar surface area (TPSA) is 58.6 Å². The summed E-state index contributed by atoms with van der Waals surface area (Å²) in [6.45, 7) is -0.624. The van der Waals surface area contributed by atoms with Gasteiger partial charge in [-0.05, 0) is 23.3 Å². The van der Waals surface area contributed by atoms with Crippen molar-refractivity contribution in [1.29, 1.82) is 0 Å². The van der Waals surface area contributed by atoms with E-state index in [-0.39, 0.29) is 5.56 Å². The van der Waals surface area contributed by atoms with Crippen molar-refractivity contribution in [3.05, 3.63) is 71.0 Å². The number of rotatable bonds is 6. The molecule has 1 amide bonds. The third kappa shape index (κ3) is 3.93. The average Bonchev–Trinajstić information content (AvgIpc) is 2.58. The van der Waals surface area contributed by atoms with Crippen molar-refractivity contribution in [2.75, 3.05) is 13.7 Å². The van der Waals surface area contributed by atoms with Crippen LogP contribution in [0.25, 0.3) is 0 Å². The van der Waals surface area contributed by atoms with Gasteiger partial charge in [-0.3, -0.25) is 4.79 Å². The molecule has 0 heterocycles. The number of nitrogens with one attached hydrogen (secondary N) is 1. The van der Waals surface area contributed by atoms with Crippen LogP contribution in [0.5, 0.6) is 0 Å². The van der Waals surface area contributed by atoms with Crippen LogP contribution in [-0.2, 0) is 9.53 Å². The number of halogens is 3. The van der Waals surface area contributed by atoms with Gasteiger partial charge in [-0.2, -0.15) is 0 Å². The fourth-order valence-corrected chi connectivity index (χ4v) is 2.28. The van der Waals surface area contributed by atoms with Gasteiger partial charge in [0.05, 0.1) is 12.6 Å². The molecule has 0 radical (unpaired) electrons. The van der Waals surface area contributed by atoms with E-state index >= 15 is 0 Å². The summed E-state index contributed by atoms with van der Waals surface area (Å²) in [5, 5.41) is 11.8. The average molecular weight is 339 g/mol. The molecule has 0 aromatic heterocycles. The van der Waals surface area contributed by atoms with Crippen molar-refractivity contribution in [3.8, 4) is 0 Å². The lowest BCUT2D eigenvalue weighted by molar-refractivity contribution is -0.132. The number of ether oxygens (including phenoxy) is 1. The minimum Gasteiger partial charge on any atom is -0.394 e. The predicted octanol–water partition coefficient (Wildman–Crippen LogP) is 2.64. The first kappa shape index (κ1) is 18.0. The summed E-state index contributed by atoms with van der Waals surface area (Å²) >= 11 is 0. The molecule has 2 atom stereocenters. The van der Waals surface area contributed by atoms with Crippen molar-refractivity contribution in [1.82, 2.24) is 5.32 Å². The zero-order valence-corrected chi connectivity index (χ0v) is 12.8. The number of aliphatic hydroxyl groups is 1. The monoisotopic (exact) mass is 339 g/mol. The van der Waals surface area contributed by atoms with Crippen molar-refractivity contribution >= 4 is 5.91 Å². The van der Waals surface area contributed by atoms with E-state index in [4.69, 9.17) is 4.74 Å². The summed E-state index contributed by atoms with van der Waals surface area (Å²) in [7, 11) is 1.34. The normalized spacial score (nSPS) is 13.4. The van der Waals surface area contributed by atoms with Crippen LogP contribution < -0.4 is 5.32 Å². The minimum atomic E-state index is -1.61.